The van der Waals surface area contributed by atoms with Crippen molar-refractivity contribution in [3.8, 4) is 0 Å². The molecule has 0 spiro atoms. The monoisotopic (exact) mass is 292 g/mol. The van der Waals surface area contributed by atoms with Crippen LogP contribution in [-0.2, 0) is 13.6 Å². The maximum atomic E-state index is 11.1. The molecule has 0 radical (unpaired) electrons. The molecule has 1 N–H and O–H groups in total. The van der Waals surface area contributed by atoms with Gasteiger partial charge in [0.2, 0.25) is 0 Å². The second-order valence-electron chi connectivity index (χ2n) is 4.76. The maximum absolute atomic E-state index is 11.1. The Balaban J connectivity index is 3.19. The molecule has 0 aromatic rings. The standard InChI is InChI=1S/C14H29O4P/c1-3-5-6-7-8-9-10-11-12-13-14-18-19(15,16)17-4-2/h4H,2-3,5-14H2,1H3,(H,15,16). The molecule has 4 nitrogen and oxygen atoms in total. The molecule has 0 aromatic heterocycles. The summed E-state index contributed by atoms with van der Waals surface area (Å²) in [4.78, 5) is 9.10. The van der Waals surface area contributed by atoms with E-state index in [2.05, 4.69) is 18.0 Å². The first-order valence-corrected chi connectivity index (χ1v) is 8.88. The average molecular weight is 292 g/mol. The van der Waals surface area contributed by atoms with Gasteiger partial charge in [0.15, 0.2) is 0 Å². The molecule has 0 aromatic carbocycles. The Bertz CT molecular complexity index is 256. The summed E-state index contributed by atoms with van der Waals surface area (Å²) in [6, 6.07) is 0. The van der Waals surface area contributed by atoms with Gasteiger partial charge >= 0.3 is 7.82 Å². The van der Waals surface area contributed by atoms with E-state index in [0.717, 1.165) is 25.5 Å². The van der Waals surface area contributed by atoms with Gasteiger partial charge in [-0.3, -0.25) is 9.42 Å². The van der Waals surface area contributed by atoms with E-state index < -0.39 is 7.82 Å². The molecule has 1 atom stereocenters. The molecule has 0 saturated heterocycles. The number of rotatable bonds is 14. The van der Waals surface area contributed by atoms with E-state index in [1.165, 1.54) is 44.9 Å². The molecule has 19 heavy (non-hydrogen) atoms. The van der Waals surface area contributed by atoms with Crippen molar-refractivity contribution in [1.82, 2.24) is 0 Å². The maximum Gasteiger partial charge on any atom is 0.526 e. The largest absolute Gasteiger partial charge is 0.526 e. The zero-order valence-electron chi connectivity index (χ0n) is 12.2. The second kappa shape index (κ2) is 12.7. The highest BCUT2D eigenvalue weighted by Crippen LogP contribution is 2.43. The molecule has 114 valence electrons. The van der Waals surface area contributed by atoms with E-state index in [-0.39, 0.29) is 6.61 Å². The van der Waals surface area contributed by atoms with Gasteiger partial charge in [0.25, 0.3) is 0 Å². The van der Waals surface area contributed by atoms with Crippen LogP contribution in [0.5, 0.6) is 0 Å². The van der Waals surface area contributed by atoms with Crippen LogP contribution in [0.25, 0.3) is 0 Å². The fourth-order valence-corrected chi connectivity index (χ4v) is 2.50. The predicted octanol–water partition coefficient (Wildman–Crippen LogP) is 5.18. The van der Waals surface area contributed by atoms with Crippen LogP contribution in [0.1, 0.15) is 71.1 Å². The minimum absolute atomic E-state index is 0.262. The van der Waals surface area contributed by atoms with E-state index in [1.807, 2.05) is 0 Å². The first-order chi connectivity index (χ1) is 9.12. The van der Waals surface area contributed by atoms with Gasteiger partial charge in [-0.05, 0) is 6.42 Å². The summed E-state index contributed by atoms with van der Waals surface area (Å²) < 4.78 is 20.2. The van der Waals surface area contributed by atoms with Gasteiger partial charge in [-0.2, -0.15) is 0 Å². The van der Waals surface area contributed by atoms with Crippen LogP contribution in [0.2, 0.25) is 0 Å². The lowest BCUT2D eigenvalue weighted by Gasteiger charge is -2.09. The summed E-state index contributed by atoms with van der Waals surface area (Å²) in [6.45, 7) is 5.71. The Morgan fingerprint density at radius 2 is 1.47 bits per heavy atom. The Morgan fingerprint density at radius 3 is 1.95 bits per heavy atom. The van der Waals surface area contributed by atoms with Crippen LogP contribution in [0.15, 0.2) is 12.8 Å². The van der Waals surface area contributed by atoms with Crippen molar-refractivity contribution >= 4 is 7.82 Å². The number of hydrogen-bond acceptors (Lipinski definition) is 3. The van der Waals surface area contributed by atoms with Crippen LogP contribution in [0.3, 0.4) is 0 Å². The molecule has 0 amide bonds. The van der Waals surface area contributed by atoms with Gasteiger partial charge < -0.3 is 4.52 Å². The molecule has 0 saturated carbocycles. The molecular formula is C14H29O4P. The SMILES string of the molecule is C=COP(=O)(O)OCCCCCCCCCCCC. The Labute approximate surface area is 117 Å². The van der Waals surface area contributed by atoms with Crippen LogP contribution in [-0.4, -0.2) is 11.5 Å². The highest BCUT2D eigenvalue weighted by atomic mass is 31.2. The third-order valence-corrected chi connectivity index (χ3v) is 3.88. The van der Waals surface area contributed by atoms with Crippen molar-refractivity contribution in [2.75, 3.05) is 6.61 Å². The lowest BCUT2D eigenvalue weighted by molar-refractivity contribution is 0.184. The van der Waals surface area contributed by atoms with Gasteiger partial charge in [-0.1, -0.05) is 71.3 Å². The summed E-state index contributed by atoms with van der Waals surface area (Å²) in [5, 5.41) is 0. The summed E-state index contributed by atoms with van der Waals surface area (Å²) in [7, 11) is -3.89. The number of phosphoric ester groups is 1. The first-order valence-electron chi connectivity index (χ1n) is 7.39. The van der Waals surface area contributed by atoms with E-state index in [1.54, 1.807) is 0 Å². The van der Waals surface area contributed by atoms with E-state index >= 15 is 0 Å². The fraction of sp³-hybridized carbons (Fsp3) is 0.857. The molecule has 0 bridgehead atoms. The molecule has 0 fully saturated rings. The van der Waals surface area contributed by atoms with Crippen LogP contribution in [0, 0.1) is 0 Å². The van der Waals surface area contributed by atoms with Crippen molar-refractivity contribution in [3.63, 3.8) is 0 Å². The average Bonchev–Trinajstić information content (AvgIpc) is 2.36. The first kappa shape index (κ1) is 18.7. The summed E-state index contributed by atoms with van der Waals surface area (Å²) in [5.41, 5.74) is 0. The molecular weight excluding hydrogens is 263 g/mol. The zero-order valence-corrected chi connectivity index (χ0v) is 13.1. The highest BCUT2D eigenvalue weighted by Gasteiger charge is 2.19. The van der Waals surface area contributed by atoms with E-state index in [4.69, 9.17) is 9.42 Å². The van der Waals surface area contributed by atoms with Gasteiger partial charge in [0.1, 0.15) is 0 Å². The van der Waals surface area contributed by atoms with E-state index in [9.17, 15) is 4.57 Å². The third kappa shape index (κ3) is 13.9. The van der Waals surface area contributed by atoms with Crippen molar-refractivity contribution in [2.45, 2.75) is 71.1 Å². The minimum Gasteiger partial charge on any atom is -0.413 e. The summed E-state index contributed by atoms with van der Waals surface area (Å²) >= 11 is 0. The zero-order chi connectivity index (χ0) is 14.4. The number of unbranched alkanes of at least 4 members (excludes halogenated alkanes) is 9. The number of phosphoric acid groups is 1. The quantitative estimate of drug-likeness (QED) is 0.272. The summed E-state index contributed by atoms with van der Waals surface area (Å²) in [6.07, 6.45) is 13.1. The molecule has 1 unspecified atom stereocenters. The Hall–Kier alpha value is -0.310. The summed E-state index contributed by atoms with van der Waals surface area (Å²) in [5.74, 6) is 0. The molecule has 0 heterocycles. The van der Waals surface area contributed by atoms with Crippen LogP contribution in [0.4, 0.5) is 0 Å². The second-order valence-corrected chi connectivity index (χ2v) is 6.16. The van der Waals surface area contributed by atoms with Crippen LogP contribution < -0.4 is 0 Å². The molecule has 0 rings (SSSR count). The number of hydrogen-bond donors (Lipinski definition) is 1. The van der Waals surface area contributed by atoms with Crippen molar-refractivity contribution in [3.05, 3.63) is 12.8 Å². The predicted molar refractivity (Wildman–Crippen MR) is 78.9 cm³/mol. The highest BCUT2D eigenvalue weighted by molar-refractivity contribution is 7.47. The lowest BCUT2D eigenvalue weighted by Crippen LogP contribution is -1.94. The van der Waals surface area contributed by atoms with Gasteiger partial charge in [0.05, 0.1) is 12.9 Å². The Morgan fingerprint density at radius 1 is 1.00 bits per heavy atom. The van der Waals surface area contributed by atoms with E-state index in [0.29, 0.717) is 0 Å². The molecule has 0 aliphatic rings. The lowest BCUT2D eigenvalue weighted by atomic mass is 10.1. The van der Waals surface area contributed by atoms with Gasteiger partial charge in [-0.25, -0.2) is 4.57 Å². The van der Waals surface area contributed by atoms with Gasteiger partial charge in [0, 0.05) is 0 Å². The van der Waals surface area contributed by atoms with Crippen LogP contribution >= 0.6 is 7.82 Å². The topological polar surface area (TPSA) is 55.8 Å². The third-order valence-electron chi connectivity index (χ3n) is 2.96. The smallest absolute Gasteiger partial charge is 0.413 e. The van der Waals surface area contributed by atoms with Gasteiger partial charge in [-0.15, -0.1) is 0 Å². The van der Waals surface area contributed by atoms with Crippen molar-refractivity contribution in [1.29, 1.82) is 0 Å². The van der Waals surface area contributed by atoms with Crippen molar-refractivity contribution < 1.29 is 18.5 Å². The molecule has 5 heteroatoms. The molecule has 0 aliphatic heterocycles. The molecule has 0 aliphatic carbocycles. The normalized spacial score (nSPS) is 14.0. The Kier molecular flexibility index (Phi) is 12.5. The fourth-order valence-electron chi connectivity index (χ4n) is 1.89. The minimum atomic E-state index is -3.89. The van der Waals surface area contributed by atoms with Crippen molar-refractivity contribution in [2.24, 2.45) is 0 Å².